The highest BCUT2D eigenvalue weighted by Gasteiger charge is 2.50. The van der Waals surface area contributed by atoms with E-state index in [0.717, 1.165) is 0 Å². The van der Waals surface area contributed by atoms with Gasteiger partial charge in [-0.1, -0.05) is 20.3 Å². The van der Waals surface area contributed by atoms with Gasteiger partial charge in [0.15, 0.2) is 0 Å². The van der Waals surface area contributed by atoms with Gasteiger partial charge in [0.25, 0.3) is 0 Å². The fourth-order valence-corrected chi connectivity index (χ4v) is 2.84. The number of alkyl halides is 3. The molecule has 0 saturated heterocycles. The lowest BCUT2D eigenvalue weighted by Gasteiger charge is -2.32. The predicted molar refractivity (Wildman–Crippen MR) is 89.7 cm³/mol. The summed E-state index contributed by atoms with van der Waals surface area (Å²) < 4.78 is 59.1. The molecule has 144 valence electrons. The van der Waals surface area contributed by atoms with Gasteiger partial charge in [-0.3, -0.25) is 4.79 Å². The lowest BCUT2D eigenvalue weighted by molar-refractivity contribution is -0.182. The van der Waals surface area contributed by atoms with E-state index in [1.165, 1.54) is 0 Å². The first-order valence-corrected chi connectivity index (χ1v) is 9.30. The van der Waals surface area contributed by atoms with E-state index in [2.05, 4.69) is 4.72 Å². The van der Waals surface area contributed by atoms with Crippen LogP contribution in [0.2, 0.25) is 0 Å². The molecule has 0 aromatic heterocycles. The second-order valence-electron chi connectivity index (χ2n) is 7.36. The number of rotatable bonds is 8. The lowest BCUT2D eigenvalue weighted by atomic mass is 9.88. The fourth-order valence-electron chi connectivity index (χ4n) is 1.96. The molecule has 4 nitrogen and oxygen atoms in total. The van der Waals surface area contributed by atoms with Crippen LogP contribution in [0.15, 0.2) is 0 Å². The van der Waals surface area contributed by atoms with Crippen molar-refractivity contribution < 1.29 is 26.9 Å². The monoisotopic (exact) mass is 373 g/mol. The van der Waals surface area contributed by atoms with Gasteiger partial charge < -0.3 is 4.74 Å². The molecule has 0 aliphatic carbocycles. The first-order valence-electron chi connectivity index (χ1n) is 8.15. The molecule has 0 heterocycles. The van der Waals surface area contributed by atoms with Crippen LogP contribution in [-0.2, 0) is 20.5 Å². The van der Waals surface area contributed by atoms with Crippen LogP contribution in [0.3, 0.4) is 0 Å². The van der Waals surface area contributed by atoms with Crippen LogP contribution in [0, 0.1) is 11.8 Å². The van der Waals surface area contributed by atoms with Gasteiger partial charge in [0.05, 0.1) is 27.8 Å². The van der Waals surface area contributed by atoms with Gasteiger partial charge in [-0.05, 0) is 47.0 Å². The standard InChI is InChI=1S/C16H30F3NO3S/c1-8-11(4)9-12(14(21)23-10(2)3)13(16(17,18)19)20-24(22)15(5,6)7/h10-13,20H,8-9H2,1-7H3/t11?,12-,13-,24-/m1/s1. The molecular weight excluding hydrogens is 343 g/mol. The Hall–Kier alpha value is -0.630. The van der Waals surface area contributed by atoms with Gasteiger partial charge in [-0.2, -0.15) is 13.2 Å². The Morgan fingerprint density at radius 3 is 2.00 bits per heavy atom. The number of carbonyl (C=O) groups excluding carboxylic acids is 1. The van der Waals surface area contributed by atoms with E-state index >= 15 is 0 Å². The maximum Gasteiger partial charge on any atom is 0.405 e. The molecule has 0 amide bonds. The molecule has 4 atom stereocenters. The van der Waals surface area contributed by atoms with E-state index in [0.29, 0.717) is 6.42 Å². The molecule has 0 saturated carbocycles. The molecule has 24 heavy (non-hydrogen) atoms. The number of ether oxygens (including phenoxy) is 1. The number of carbonyl (C=O) groups is 1. The molecule has 0 fully saturated rings. The molecule has 0 rings (SSSR count). The molecule has 0 aliphatic heterocycles. The summed E-state index contributed by atoms with van der Waals surface area (Å²) in [6.07, 6.45) is -4.58. The zero-order chi connectivity index (χ0) is 19.3. The zero-order valence-electron chi connectivity index (χ0n) is 15.5. The van der Waals surface area contributed by atoms with Gasteiger partial charge in [-0.15, -0.1) is 0 Å². The lowest BCUT2D eigenvalue weighted by Crippen LogP contribution is -2.54. The minimum Gasteiger partial charge on any atom is -0.463 e. The summed E-state index contributed by atoms with van der Waals surface area (Å²) in [5.74, 6) is -2.44. The summed E-state index contributed by atoms with van der Waals surface area (Å²) in [6, 6.07) is -2.21. The molecule has 0 aromatic carbocycles. The summed E-state index contributed by atoms with van der Waals surface area (Å²) in [5.41, 5.74) is 0. The topological polar surface area (TPSA) is 55.4 Å². The molecule has 0 spiro atoms. The summed E-state index contributed by atoms with van der Waals surface area (Å²) in [7, 11) is -1.96. The van der Waals surface area contributed by atoms with Crippen LogP contribution in [0.5, 0.6) is 0 Å². The molecule has 0 radical (unpaired) electrons. The predicted octanol–water partition coefficient (Wildman–Crippen LogP) is 3.97. The first-order chi connectivity index (χ1) is 10.7. The van der Waals surface area contributed by atoms with Crippen molar-refractivity contribution in [3.63, 3.8) is 0 Å². The minimum absolute atomic E-state index is 0.0145. The van der Waals surface area contributed by atoms with Crippen molar-refractivity contribution in [3.05, 3.63) is 0 Å². The molecule has 0 aliphatic rings. The smallest absolute Gasteiger partial charge is 0.405 e. The van der Waals surface area contributed by atoms with Crippen molar-refractivity contribution in [2.45, 2.75) is 84.4 Å². The minimum atomic E-state index is -4.71. The molecule has 0 aromatic rings. The van der Waals surface area contributed by atoms with Crippen molar-refractivity contribution in [2.75, 3.05) is 0 Å². The Morgan fingerprint density at radius 1 is 1.17 bits per heavy atom. The van der Waals surface area contributed by atoms with E-state index in [1.807, 2.05) is 6.92 Å². The average Bonchev–Trinajstić information content (AvgIpc) is 2.38. The zero-order valence-corrected chi connectivity index (χ0v) is 16.3. The van der Waals surface area contributed by atoms with Crippen LogP contribution in [0.4, 0.5) is 13.2 Å². The number of esters is 1. The highest BCUT2D eigenvalue weighted by Crippen LogP contribution is 2.32. The Balaban J connectivity index is 5.64. The highest BCUT2D eigenvalue weighted by molar-refractivity contribution is 7.84. The van der Waals surface area contributed by atoms with Gasteiger partial charge in [0, 0.05) is 0 Å². The number of nitrogens with one attached hydrogen (secondary N) is 1. The summed E-state index contributed by atoms with van der Waals surface area (Å²) in [6.45, 7) is 11.5. The summed E-state index contributed by atoms with van der Waals surface area (Å²) in [4.78, 5) is 12.3. The third-order valence-corrected chi connectivity index (χ3v) is 5.13. The van der Waals surface area contributed by atoms with Crippen LogP contribution in [0.25, 0.3) is 0 Å². The normalized spacial score (nSPS) is 18.1. The Labute approximate surface area is 145 Å². The Morgan fingerprint density at radius 2 is 1.67 bits per heavy atom. The Kier molecular flexibility index (Phi) is 8.93. The fraction of sp³-hybridized carbons (Fsp3) is 0.938. The largest absolute Gasteiger partial charge is 0.463 e. The molecule has 1 unspecified atom stereocenters. The van der Waals surface area contributed by atoms with Crippen molar-refractivity contribution in [2.24, 2.45) is 11.8 Å². The highest BCUT2D eigenvalue weighted by atomic mass is 32.2. The van der Waals surface area contributed by atoms with E-state index in [-0.39, 0.29) is 12.3 Å². The SMILES string of the molecule is CCC(C)C[C@@H](C(=O)OC(C)C)[C@@H](N[S@](=O)C(C)(C)C)C(F)(F)F. The number of hydrogen-bond acceptors (Lipinski definition) is 3. The van der Waals surface area contributed by atoms with Crippen molar-refractivity contribution in [3.8, 4) is 0 Å². The summed E-state index contributed by atoms with van der Waals surface area (Å²) in [5, 5.41) is 0. The third-order valence-electron chi connectivity index (χ3n) is 3.55. The van der Waals surface area contributed by atoms with Crippen LogP contribution in [0.1, 0.15) is 61.3 Å². The van der Waals surface area contributed by atoms with Crippen molar-refractivity contribution >= 4 is 17.0 Å². The third kappa shape index (κ3) is 7.96. The summed E-state index contributed by atoms with van der Waals surface area (Å²) >= 11 is 0. The van der Waals surface area contributed by atoms with Crippen LogP contribution in [-0.4, -0.2) is 33.2 Å². The van der Waals surface area contributed by atoms with Crippen LogP contribution < -0.4 is 4.72 Å². The van der Waals surface area contributed by atoms with E-state index in [1.54, 1.807) is 41.5 Å². The molecular formula is C16H30F3NO3S. The van der Waals surface area contributed by atoms with Crippen LogP contribution >= 0.6 is 0 Å². The number of halogens is 3. The Bertz CT molecular complexity index is 433. The van der Waals surface area contributed by atoms with Crippen molar-refractivity contribution in [1.29, 1.82) is 0 Å². The molecule has 0 bridgehead atoms. The van der Waals surface area contributed by atoms with Crippen molar-refractivity contribution in [1.82, 2.24) is 4.72 Å². The second kappa shape index (κ2) is 9.17. The maximum atomic E-state index is 13.6. The average molecular weight is 373 g/mol. The number of hydrogen-bond donors (Lipinski definition) is 1. The van der Waals surface area contributed by atoms with E-state index in [4.69, 9.17) is 4.74 Å². The first kappa shape index (κ1) is 23.4. The quantitative estimate of drug-likeness (QED) is 0.655. The molecule has 1 N–H and O–H groups in total. The maximum absolute atomic E-state index is 13.6. The second-order valence-corrected chi connectivity index (χ2v) is 9.36. The van der Waals surface area contributed by atoms with Gasteiger partial charge in [-0.25, -0.2) is 8.93 Å². The van der Waals surface area contributed by atoms with Gasteiger partial charge in [0.2, 0.25) is 0 Å². The van der Waals surface area contributed by atoms with Gasteiger partial charge in [0.1, 0.15) is 6.04 Å². The molecule has 8 heteroatoms. The van der Waals surface area contributed by atoms with E-state index in [9.17, 15) is 22.2 Å². The van der Waals surface area contributed by atoms with E-state index < -0.39 is 45.9 Å². The van der Waals surface area contributed by atoms with Gasteiger partial charge >= 0.3 is 12.1 Å².